The molecule has 3 N–H and O–H groups in total. The molecule has 2 unspecified atom stereocenters. The first kappa shape index (κ1) is 22.0. The molecule has 3 aromatic rings. The molecule has 1 aliphatic rings. The van der Waals surface area contributed by atoms with Crippen molar-refractivity contribution >= 4 is 29.1 Å². The van der Waals surface area contributed by atoms with Crippen LogP contribution >= 0.6 is 11.6 Å². The van der Waals surface area contributed by atoms with E-state index < -0.39 is 0 Å². The molecule has 1 aromatic heterocycles. The number of likely N-dealkylation sites (N-methyl/N-ethyl adjacent to an activating group) is 1. The largest absolute Gasteiger partial charge is 0.343 e. The normalized spacial score (nSPS) is 15.7. The standard InChI is InChI=1S/C25H25ClN4O2/c1-30(25(32)22-8-6-18-14-19(26)7-9-21(18)22)15-23(27)16-2-4-17(5-3-16)24(31)29-20-10-12-28-13-11-20/h2-5,7,9-14,22-23H,6,8,15,27H2,1H3,(H,28,29,31). The van der Waals surface area contributed by atoms with Gasteiger partial charge in [0.25, 0.3) is 5.91 Å². The maximum Gasteiger partial charge on any atom is 0.255 e. The number of rotatable bonds is 6. The van der Waals surface area contributed by atoms with Crippen molar-refractivity contribution in [2.75, 3.05) is 18.9 Å². The minimum absolute atomic E-state index is 0.0647. The second-order valence-electron chi connectivity index (χ2n) is 8.07. The van der Waals surface area contributed by atoms with Crippen molar-refractivity contribution < 1.29 is 9.59 Å². The van der Waals surface area contributed by atoms with E-state index >= 15 is 0 Å². The molecule has 1 heterocycles. The first-order valence-electron chi connectivity index (χ1n) is 10.5. The summed E-state index contributed by atoms with van der Waals surface area (Å²) in [5.41, 5.74) is 10.7. The van der Waals surface area contributed by atoms with Crippen LogP contribution < -0.4 is 11.1 Å². The molecule has 0 spiro atoms. The summed E-state index contributed by atoms with van der Waals surface area (Å²) >= 11 is 6.08. The quantitative estimate of drug-likeness (QED) is 0.592. The molecule has 1 aliphatic carbocycles. The third kappa shape index (κ3) is 4.82. The van der Waals surface area contributed by atoms with E-state index in [2.05, 4.69) is 10.3 Å². The van der Waals surface area contributed by atoms with Gasteiger partial charge in [-0.3, -0.25) is 14.6 Å². The zero-order valence-corrected chi connectivity index (χ0v) is 18.5. The molecule has 0 radical (unpaired) electrons. The van der Waals surface area contributed by atoms with E-state index in [-0.39, 0.29) is 23.8 Å². The highest BCUT2D eigenvalue weighted by Gasteiger charge is 2.31. The van der Waals surface area contributed by atoms with Gasteiger partial charge in [-0.15, -0.1) is 0 Å². The van der Waals surface area contributed by atoms with E-state index in [4.69, 9.17) is 17.3 Å². The predicted octanol–water partition coefficient (Wildman–Crippen LogP) is 4.18. The average molecular weight is 449 g/mol. The molecule has 2 atom stereocenters. The highest BCUT2D eigenvalue weighted by molar-refractivity contribution is 6.30. The molecule has 0 bridgehead atoms. The van der Waals surface area contributed by atoms with Gasteiger partial charge < -0.3 is 16.0 Å². The van der Waals surface area contributed by atoms with Crippen molar-refractivity contribution in [3.8, 4) is 0 Å². The van der Waals surface area contributed by atoms with Crippen LogP contribution in [0.15, 0.2) is 67.0 Å². The van der Waals surface area contributed by atoms with Gasteiger partial charge in [0.05, 0.1) is 5.92 Å². The molecule has 0 fully saturated rings. The lowest BCUT2D eigenvalue weighted by atomic mass is 9.99. The second kappa shape index (κ2) is 9.51. The summed E-state index contributed by atoms with van der Waals surface area (Å²) in [6.45, 7) is 0.390. The van der Waals surface area contributed by atoms with E-state index in [1.54, 1.807) is 48.6 Å². The van der Waals surface area contributed by atoms with Crippen LogP contribution in [0.5, 0.6) is 0 Å². The lowest BCUT2D eigenvalue weighted by Gasteiger charge is -2.25. The molecule has 0 saturated heterocycles. The van der Waals surface area contributed by atoms with Crippen molar-refractivity contribution in [2.24, 2.45) is 5.73 Å². The summed E-state index contributed by atoms with van der Waals surface area (Å²) in [5, 5.41) is 3.52. The Morgan fingerprint density at radius 2 is 1.88 bits per heavy atom. The summed E-state index contributed by atoms with van der Waals surface area (Å²) in [7, 11) is 1.78. The molecule has 32 heavy (non-hydrogen) atoms. The second-order valence-corrected chi connectivity index (χ2v) is 8.51. The maximum atomic E-state index is 13.1. The van der Waals surface area contributed by atoms with Crippen LogP contribution in [-0.2, 0) is 11.2 Å². The van der Waals surface area contributed by atoms with E-state index in [1.165, 1.54) is 0 Å². The Bertz CT molecular complexity index is 1120. The van der Waals surface area contributed by atoms with Gasteiger partial charge in [0, 0.05) is 48.3 Å². The monoisotopic (exact) mass is 448 g/mol. The number of aromatic nitrogens is 1. The highest BCUT2D eigenvalue weighted by atomic mass is 35.5. The summed E-state index contributed by atoms with van der Waals surface area (Å²) in [5.74, 6) is -0.294. The zero-order valence-electron chi connectivity index (χ0n) is 17.8. The van der Waals surface area contributed by atoms with Crippen molar-refractivity contribution in [1.29, 1.82) is 0 Å². The lowest BCUT2D eigenvalue weighted by Crippen LogP contribution is -2.36. The zero-order chi connectivity index (χ0) is 22.7. The third-order valence-electron chi connectivity index (χ3n) is 5.87. The smallest absolute Gasteiger partial charge is 0.255 e. The number of nitrogens with zero attached hydrogens (tertiary/aromatic N) is 2. The van der Waals surface area contributed by atoms with Crippen molar-refractivity contribution in [2.45, 2.75) is 24.8 Å². The van der Waals surface area contributed by atoms with Gasteiger partial charge >= 0.3 is 0 Å². The molecule has 0 saturated carbocycles. The Labute approximate surface area is 192 Å². The van der Waals surface area contributed by atoms with Gasteiger partial charge in [-0.1, -0.05) is 29.8 Å². The van der Waals surface area contributed by atoms with Gasteiger partial charge in [0.15, 0.2) is 0 Å². The van der Waals surface area contributed by atoms with Gasteiger partial charge in [-0.25, -0.2) is 0 Å². The SMILES string of the molecule is CN(CC(N)c1ccc(C(=O)Nc2ccncc2)cc1)C(=O)C1CCc2cc(Cl)ccc21. The molecule has 4 rings (SSSR count). The van der Waals surface area contributed by atoms with E-state index in [9.17, 15) is 9.59 Å². The molecule has 0 aliphatic heterocycles. The molecule has 6 nitrogen and oxygen atoms in total. The first-order valence-corrected chi connectivity index (χ1v) is 10.9. The minimum Gasteiger partial charge on any atom is -0.343 e. The molecular weight excluding hydrogens is 424 g/mol. The number of pyridine rings is 1. The van der Waals surface area contributed by atoms with Gasteiger partial charge in [-0.2, -0.15) is 0 Å². The Kier molecular flexibility index (Phi) is 6.53. The summed E-state index contributed by atoms with van der Waals surface area (Å²) in [4.78, 5) is 31.1. The van der Waals surface area contributed by atoms with Crippen LogP contribution in [-0.4, -0.2) is 35.3 Å². The van der Waals surface area contributed by atoms with Crippen LogP contribution in [0.1, 0.15) is 45.4 Å². The summed E-state index contributed by atoms with van der Waals surface area (Å²) in [6, 6.07) is 16.0. The van der Waals surface area contributed by atoms with Crippen molar-refractivity contribution in [3.63, 3.8) is 0 Å². The molecular formula is C25H25ClN4O2. The number of aryl methyl sites for hydroxylation is 1. The van der Waals surface area contributed by atoms with E-state index in [1.807, 2.05) is 30.3 Å². The average Bonchev–Trinajstić information content (AvgIpc) is 3.22. The number of benzene rings is 2. The number of nitrogens with two attached hydrogens (primary N) is 1. The van der Waals surface area contributed by atoms with Gasteiger partial charge in [0.2, 0.25) is 5.91 Å². The van der Waals surface area contributed by atoms with Crippen LogP contribution in [0.25, 0.3) is 0 Å². The van der Waals surface area contributed by atoms with E-state index in [0.29, 0.717) is 22.8 Å². The van der Waals surface area contributed by atoms with Crippen molar-refractivity contribution in [3.05, 3.63) is 94.3 Å². The number of nitrogens with one attached hydrogen (secondary N) is 1. The molecule has 2 aromatic carbocycles. The Hall–Kier alpha value is -3.22. The Morgan fingerprint density at radius 1 is 1.16 bits per heavy atom. The number of halogens is 1. The van der Waals surface area contributed by atoms with Crippen LogP contribution in [0.4, 0.5) is 5.69 Å². The lowest BCUT2D eigenvalue weighted by molar-refractivity contribution is -0.131. The Balaban J connectivity index is 1.37. The number of carbonyl (C=O) groups is 2. The number of anilines is 1. The fourth-order valence-electron chi connectivity index (χ4n) is 4.12. The van der Waals surface area contributed by atoms with Gasteiger partial charge in [0.1, 0.15) is 0 Å². The van der Waals surface area contributed by atoms with Crippen LogP contribution in [0.2, 0.25) is 5.02 Å². The summed E-state index contributed by atoms with van der Waals surface area (Å²) in [6.07, 6.45) is 4.88. The number of hydrogen-bond donors (Lipinski definition) is 2. The van der Waals surface area contributed by atoms with Gasteiger partial charge in [-0.05, 0) is 65.9 Å². The minimum atomic E-state index is -0.354. The number of hydrogen-bond acceptors (Lipinski definition) is 4. The summed E-state index contributed by atoms with van der Waals surface area (Å²) < 4.78 is 0. The third-order valence-corrected chi connectivity index (χ3v) is 6.10. The first-order chi connectivity index (χ1) is 15.4. The van der Waals surface area contributed by atoms with Crippen molar-refractivity contribution in [1.82, 2.24) is 9.88 Å². The topological polar surface area (TPSA) is 88.3 Å². The fraction of sp³-hybridized carbons (Fsp3) is 0.240. The highest BCUT2D eigenvalue weighted by Crippen LogP contribution is 2.36. The van der Waals surface area contributed by atoms with Crippen LogP contribution in [0.3, 0.4) is 0 Å². The number of amides is 2. The molecule has 164 valence electrons. The van der Waals surface area contributed by atoms with E-state index in [0.717, 1.165) is 29.5 Å². The number of carbonyl (C=O) groups excluding carboxylic acids is 2. The fourth-order valence-corrected chi connectivity index (χ4v) is 4.31. The number of fused-ring (bicyclic) bond motifs is 1. The molecule has 2 amide bonds. The van der Waals surface area contributed by atoms with Crippen LogP contribution in [0, 0.1) is 0 Å². The maximum absolute atomic E-state index is 13.1. The molecule has 7 heteroatoms. The predicted molar refractivity (Wildman–Crippen MR) is 126 cm³/mol. The Morgan fingerprint density at radius 3 is 2.59 bits per heavy atom.